The zero-order valence-electron chi connectivity index (χ0n) is 21.0. The van der Waals surface area contributed by atoms with Crippen LogP contribution >= 0.6 is 0 Å². The summed E-state index contributed by atoms with van der Waals surface area (Å²) in [7, 11) is 0. The second-order valence-electron chi connectivity index (χ2n) is 7.67. The van der Waals surface area contributed by atoms with Gasteiger partial charge in [0.1, 0.15) is 6.61 Å². The normalized spacial score (nSPS) is 33.1. The number of carbonyl (C=O) groups is 5. The van der Waals surface area contributed by atoms with E-state index in [0.29, 0.717) is 0 Å². The Morgan fingerprint density at radius 3 is 1.24 bits per heavy atom. The van der Waals surface area contributed by atoms with Crippen LogP contribution in [-0.2, 0) is 52.4 Å². The molecule has 37 heavy (non-hydrogen) atoms. The van der Waals surface area contributed by atoms with E-state index in [9.17, 15) is 49.5 Å². The molecule has 16 heteroatoms. The summed E-state index contributed by atoms with van der Waals surface area (Å²) in [5.41, 5.74) is 0. The maximum absolute atomic E-state index is 12.4. The second kappa shape index (κ2) is 11.7. The molecule has 1 rings (SSSR count). The van der Waals surface area contributed by atoms with E-state index in [2.05, 4.69) is 4.74 Å². The molecule has 212 valence electrons. The first kappa shape index (κ1) is 32.1. The molecule has 0 aromatic carbocycles. The fraction of sp³-hybridized carbons (Fsp3) is 0.762. The molecule has 1 fully saturated rings. The van der Waals surface area contributed by atoms with Crippen molar-refractivity contribution in [1.82, 2.24) is 0 Å². The minimum absolute atomic E-state index is 0.516. The van der Waals surface area contributed by atoms with Crippen LogP contribution in [-0.4, -0.2) is 91.1 Å². The van der Waals surface area contributed by atoms with Gasteiger partial charge in [-0.1, -0.05) is 34.6 Å². The van der Waals surface area contributed by atoms with Crippen molar-refractivity contribution >= 4 is 29.8 Å². The van der Waals surface area contributed by atoms with Crippen LogP contribution in [0.25, 0.3) is 0 Å². The Morgan fingerprint density at radius 1 is 0.541 bits per heavy atom. The molecule has 5 atom stereocenters. The summed E-state index contributed by atoms with van der Waals surface area (Å²) in [4.78, 5) is 61.3. The molecule has 1 saturated heterocycles. The number of carbonyl (C=O) groups excluding carboxylic acids is 5. The van der Waals surface area contributed by atoms with E-state index in [1.807, 2.05) is 0 Å². The van der Waals surface area contributed by atoms with Crippen LogP contribution in [0.15, 0.2) is 0 Å². The topological polar surface area (TPSA) is 242 Å². The van der Waals surface area contributed by atoms with Crippen molar-refractivity contribution < 1.29 is 77.9 Å². The fourth-order valence-corrected chi connectivity index (χ4v) is 3.03. The molecule has 5 N–H and O–H groups in total. The van der Waals surface area contributed by atoms with Gasteiger partial charge in [0.05, 0.1) is 0 Å². The van der Waals surface area contributed by atoms with E-state index in [4.69, 9.17) is 23.7 Å². The minimum atomic E-state index is -4.40. The summed E-state index contributed by atoms with van der Waals surface area (Å²) in [5.74, 6) is -28.0. The number of hydrogen-bond acceptors (Lipinski definition) is 16. The summed E-state index contributed by atoms with van der Waals surface area (Å²) >= 11 is 0. The van der Waals surface area contributed by atoms with Gasteiger partial charge in [-0.15, -0.1) is 0 Å². The van der Waals surface area contributed by atoms with Crippen molar-refractivity contribution in [3.8, 4) is 0 Å². The lowest BCUT2D eigenvalue weighted by molar-refractivity contribution is -0.631. The molecule has 0 spiro atoms. The summed E-state index contributed by atoms with van der Waals surface area (Å²) in [6, 6.07) is 0. The fourth-order valence-electron chi connectivity index (χ4n) is 3.03. The number of esters is 5. The van der Waals surface area contributed by atoms with Gasteiger partial charge in [0, 0.05) is 32.1 Å². The monoisotopic (exact) mass is 540 g/mol. The molecule has 16 nitrogen and oxygen atoms in total. The van der Waals surface area contributed by atoms with Crippen molar-refractivity contribution in [3.63, 3.8) is 0 Å². The molecular formula is C21H32O16. The lowest BCUT2D eigenvalue weighted by atomic mass is 9.83. The maximum atomic E-state index is 12.4. The number of ether oxygens (including phenoxy) is 6. The predicted molar refractivity (Wildman–Crippen MR) is 113 cm³/mol. The molecule has 1 aliphatic rings. The molecular weight excluding hydrogens is 508 g/mol. The van der Waals surface area contributed by atoms with E-state index >= 15 is 0 Å². The molecule has 0 aromatic rings. The summed E-state index contributed by atoms with van der Waals surface area (Å²) < 4.78 is 28.8. The molecule has 0 radical (unpaired) electrons. The van der Waals surface area contributed by atoms with E-state index in [1.54, 1.807) is 0 Å². The van der Waals surface area contributed by atoms with E-state index < -0.39 is 97.7 Å². The predicted octanol–water partition coefficient (Wildman–Crippen LogP) is -1.82. The van der Waals surface area contributed by atoms with Crippen LogP contribution in [0.3, 0.4) is 0 Å². The Labute approximate surface area is 210 Å². The van der Waals surface area contributed by atoms with Gasteiger partial charge in [-0.2, -0.15) is 0 Å². The molecule has 1 heterocycles. The standard InChI is InChI=1S/C21H32O16/c1-6-12(23)32-17(11-22)18(28,33-13(24)7-2)19(29,34-14(25)8-3)20(30,35-15(26)9-4)21(31,37-17)36-16(27)10-5/h22,28-31H,6-11H2,1-5H3/t17-,18+,19-,20+,21-/m1/s1. The molecule has 0 bridgehead atoms. The lowest BCUT2D eigenvalue weighted by Crippen LogP contribution is -2.91. The third-order valence-corrected chi connectivity index (χ3v) is 5.13. The van der Waals surface area contributed by atoms with Gasteiger partial charge in [0.2, 0.25) is 0 Å². The number of aliphatic hydroxyl groups excluding tert-OH is 1. The Bertz CT molecular complexity index is 905. The Hall–Kier alpha value is -2.89. The van der Waals surface area contributed by atoms with Gasteiger partial charge in [-0.25, -0.2) is 0 Å². The van der Waals surface area contributed by atoms with E-state index in [-0.39, 0.29) is 0 Å². The highest BCUT2D eigenvalue weighted by molar-refractivity contribution is 5.74. The number of aliphatic hydroxyl groups is 5. The van der Waals surface area contributed by atoms with Gasteiger partial charge < -0.3 is 49.2 Å². The molecule has 0 amide bonds. The van der Waals surface area contributed by atoms with E-state index in [1.165, 1.54) is 34.6 Å². The average Bonchev–Trinajstić information content (AvgIpc) is 2.86. The highest BCUT2D eigenvalue weighted by Gasteiger charge is 2.92. The lowest BCUT2D eigenvalue weighted by Gasteiger charge is -2.60. The van der Waals surface area contributed by atoms with Crippen molar-refractivity contribution in [1.29, 1.82) is 0 Å². The quantitative estimate of drug-likeness (QED) is 0.110. The van der Waals surface area contributed by atoms with Crippen LogP contribution in [0.4, 0.5) is 0 Å². The Morgan fingerprint density at radius 2 is 0.865 bits per heavy atom. The van der Waals surface area contributed by atoms with Crippen molar-refractivity contribution in [3.05, 3.63) is 0 Å². The van der Waals surface area contributed by atoms with Crippen LogP contribution in [0.1, 0.15) is 66.7 Å². The molecule has 0 saturated carbocycles. The SMILES string of the molecule is CCC(=O)O[C@@]1(O)O[C@@](CO)(OC(=O)CC)[C@](O)(OC(=O)CC)[C@@](O)(OC(=O)CC)[C@]1(O)OC(=O)CC. The van der Waals surface area contributed by atoms with E-state index in [0.717, 1.165) is 0 Å². The smallest absolute Gasteiger partial charge is 0.407 e. The zero-order chi connectivity index (χ0) is 28.9. The van der Waals surface area contributed by atoms with Crippen molar-refractivity contribution in [2.45, 2.75) is 95.8 Å². The summed E-state index contributed by atoms with van der Waals surface area (Å²) in [5, 5.41) is 56.1. The van der Waals surface area contributed by atoms with Crippen molar-refractivity contribution in [2.75, 3.05) is 6.61 Å². The number of rotatable bonds is 11. The highest BCUT2D eigenvalue weighted by atomic mass is 17.0. The van der Waals surface area contributed by atoms with Crippen LogP contribution in [0, 0.1) is 0 Å². The first-order chi connectivity index (χ1) is 17.0. The Kier molecular flexibility index (Phi) is 10.1. The summed E-state index contributed by atoms with van der Waals surface area (Å²) in [6.07, 6.45) is -2.86. The van der Waals surface area contributed by atoms with Crippen LogP contribution in [0.2, 0.25) is 0 Å². The third kappa shape index (κ3) is 5.39. The van der Waals surface area contributed by atoms with Gasteiger partial charge >= 0.3 is 59.0 Å². The zero-order valence-corrected chi connectivity index (χ0v) is 21.0. The summed E-state index contributed by atoms with van der Waals surface area (Å²) in [6.45, 7) is 4.15. The highest BCUT2D eigenvalue weighted by Crippen LogP contribution is 2.56. The van der Waals surface area contributed by atoms with Crippen LogP contribution < -0.4 is 0 Å². The average molecular weight is 540 g/mol. The van der Waals surface area contributed by atoms with Gasteiger partial charge in [-0.3, -0.25) is 28.7 Å². The third-order valence-electron chi connectivity index (χ3n) is 5.13. The molecule has 0 unspecified atom stereocenters. The first-order valence-corrected chi connectivity index (χ1v) is 11.3. The Balaban J connectivity index is 4.27. The molecule has 0 aliphatic carbocycles. The molecule has 1 aliphatic heterocycles. The first-order valence-electron chi connectivity index (χ1n) is 11.3. The number of hydrogen-bond donors (Lipinski definition) is 5. The van der Waals surface area contributed by atoms with Gasteiger partial charge in [-0.05, 0) is 0 Å². The second-order valence-corrected chi connectivity index (χ2v) is 7.67. The van der Waals surface area contributed by atoms with Crippen LogP contribution in [0.5, 0.6) is 0 Å². The minimum Gasteiger partial charge on any atom is -0.423 e. The molecule has 0 aromatic heterocycles. The van der Waals surface area contributed by atoms with Crippen molar-refractivity contribution in [2.24, 2.45) is 0 Å². The largest absolute Gasteiger partial charge is 0.423 e. The maximum Gasteiger partial charge on any atom is 0.407 e. The van der Waals surface area contributed by atoms with Gasteiger partial charge in [0.15, 0.2) is 0 Å². The van der Waals surface area contributed by atoms with Gasteiger partial charge in [0.25, 0.3) is 0 Å².